The molecule has 0 bridgehead atoms. The number of carbonyl (C=O) groups is 2. The van der Waals surface area contributed by atoms with E-state index in [1.54, 1.807) is 12.0 Å². The van der Waals surface area contributed by atoms with Crippen molar-refractivity contribution < 1.29 is 23.8 Å². The molecule has 1 aromatic carbocycles. The van der Waals surface area contributed by atoms with E-state index >= 15 is 0 Å². The molecule has 2 aliphatic rings. The molecule has 3 rings (SSSR count). The van der Waals surface area contributed by atoms with Gasteiger partial charge >= 0.3 is 0 Å². The number of methoxy groups -OCH3 is 1. The summed E-state index contributed by atoms with van der Waals surface area (Å²) in [6.45, 7) is 4.09. The van der Waals surface area contributed by atoms with E-state index in [1.807, 2.05) is 25.1 Å². The molecule has 1 fully saturated rings. The molecule has 2 aliphatic heterocycles. The monoisotopic (exact) mass is 347 g/mol. The Morgan fingerprint density at radius 2 is 2.04 bits per heavy atom. The van der Waals surface area contributed by atoms with Gasteiger partial charge in [0.25, 0.3) is 0 Å². The third kappa shape index (κ3) is 4.02. The number of benzene rings is 1. The molecule has 0 saturated carbocycles. The highest BCUT2D eigenvalue weighted by Crippen LogP contribution is 2.39. The van der Waals surface area contributed by atoms with Crippen molar-refractivity contribution in [2.75, 3.05) is 40.0 Å². The highest BCUT2D eigenvalue weighted by molar-refractivity contribution is 6.00. The first kappa shape index (κ1) is 17.9. The van der Waals surface area contributed by atoms with Crippen molar-refractivity contribution in [1.82, 2.24) is 4.90 Å². The van der Waals surface area contributed by atoms with Crippen molar-refractivity contribution >= 4 is 11.7 Å². The van der Waals surface area contributed by atoms with E-state index in [0.29, 0.717) is 56.9 Å². The second-order valence-electron chi connectivity index (χ2n) is 6.81. The summed E-state index contributed by atoms with van der Waals surface area (Å²) in [5, 5.41) is 0. The van der Waals surface area contributed by atoms with Gasteiger partial charge in [0.15, 0.2) is 5.78 Å². The zero-order valence-corrected chi connectivity index (χ0v) is 14.9. The normalized spacial score (nSPS) is 18.8. The van der Waals surface area contributed by atoms with Crippen LogP contribution in [-0.4, -0.2) is 62.2 Å². The minimum absolute atomic E-state index is 0.0240. The van der Waals surface area contributed by atoms with Crippen molar-refractivity contribution in [3.63, 3.8) is 0 Å². The van der Waals surface area contributed by atoms with E-state index in [1.165, 1.54) is 0 Å². The molecule has 6 nitrogen and oxygen atoms in total. The number of hydrogen-bond acceptors (Lipinski definition) is 5. The minimum Gasteiger partial charge on any atom is -0.486 e. The van der Waals surface area contributed by atoms with Crippen LogP contribution in [0.15, 0.2) is 18.2 Å². The molecule has 0 unspecified atom stereocenters. The topological polar surface area (TPSA) is 65.1 Å². The van der Waals surface area contributed by atoms with E-state index in [2.05, 4.69) is 0 Å². The number of carbonyl (C=O) groups excluding carboxylic acids is 2. The first-order valence-corrected chi connectivity index (χ1v) is 8.70. The van der Waals surface area contributed by atoms with Crippen LogP contribution in [0.4, 0.5) is 0 Å². The number of amides is 1. The molecular formula is C19H25NO5. The Kier molecular flexibility index (Phi) is 5.39. The number of aryl methyl sites for hydroxylation is 1. The molecule has 1 saturated heterocycles. The maximum absolute atomic E-state index is 12.5. The Hall–Kier alpha value is -1.92. The summed E-state index contributed by atoms with van der Waals surface area (Å²) in [6, 6.07) is 5.73. The zero-order valence-electron chi connectivity index (χ0n) is 14.9. The third-order valence-electron chi connectivity index (χ3n) is 4.93. The number of ketones is 1. The Morgan fingerprint density at radius 1 is 1.28 bits per heavy atom. The lowest BCUT2D eigenvalue weighted by Gasteiger charge is -2.44. The van der Waals surface area contributed by atoms with Gasteiger partial charge in [-0.25, -0.2) is 0 Å². The van der Waals surface area contributed by atoms with E-state index < -0.39 is 5.60 Å². The third-order valence-corrected chi connectivity index (χ3v) is 4.93. The lowest BCUT2D eigenvalue weighted by atomic mass is 9.82. The highest BCUT2D eigenvalue weighted by atomic mass is 16.5. The van der Waals surface area contributed by atoms with Gasteiger partial charge in [0, 0.05) is 33.0 Å². The number of ether oxygens (including phenoxy) is 3. The summed E-state index contributed by atoms with van der Waals surface area (Å²) in [4.78, 5) is 26.5. The van der Waals surface area contributed by atoms with Gasteiger partial charge in [-0.1, -0.05) is 11.6 Å². The van der Waals surface area contributed by atoms with E-state index in [4.69, 9.17) is 14.2 Å². The molecule has 1 spiro atoms. The minimum atomic E-state index is -0.479. The average Bonchev–Trinajstić information content (AvgIpc) is 2.60. The Morgan fingerprint density at radius 3 is 2.76 bits per heavy atom. The number of rotatable bonds is 5. The van der Waals surface area contributed by atoms with Gasteiger partial charge < -0.3 is 19.1 Å². The second-order valence-corrected chi connectivity index (χ2v) is 6.81. The Bertz CT molecular complexity index is 649. The van der Waals surface area contributed by atoms with Crippen LogP contribution in [-0.2, 0) is 14.3 Å². The summed E-state index contributed by atoms with van der Waals surface area (Å²) in [5.74, 6) is 0.779. The lowest BCUT2D eigenvalue weighted by molar-refractivity contribution is -0.140. The first-order valence-electron chi connectivity index (χ1n) is 8.70. The molecule has 0 N–H and O–H groups in total. The van der Waals surface area contributed by atoms with Crippen molar-refractivity contribution in [1.29, 1.82) is 0 Å². The maximum Gasteiger partial charge on any atom is 0.248 e. The van der Waals surface area contributed by atoms with Gasteiger partial charge in [0.1, 0.15) is 18.0 Å². The molecule has 25 heavy (non-hydrogen) atoms. The molecule has 136 valence electrons. The fourth-order valence-corrected chi connectivity index (χ4v) is 3.44. The molecule has 0 radical (unpaired) electrons. The standard InChI is InChI=1S/C19H25NO5/c1-14-3-4-17-15(11-14)16(21)12-19(25-17)5-7-20(8-6-19)18(22)13-24-10-9-23-2/h3-4,11H,5-10,12-13H2,1-2H3. The highest BCUT2D eigenvalue weighted by Gasteiger charge is 2.43. The predicted octanol–water partition coefficient (Wildman–Crippen LogP) is 1.98. The second kappa shape index (κ2) is 7.54. The molecular weight excluding hydrogens is 322 g/mol. The number of piperidine rings is 1. The maximum atomic E-state index is 12.5. The number of Topliss-reactive ketones (excluding diaryl/α,β-unsaturated/α-hetero) is 1. The molecule has 0 aromatic heterocycles. The van der Waals surface area contributed by atoms with Crippen LogP contribution in [0.25, 0.3) is 0 Å². The van der Waals surface area contributed by atoms with Crippen LogP contribution in [0.3, 0.4) is 0 Å². The smallest absolute Gasteiger partial charge is 0.248 e. The van der Waals surface area contributed by atoms with Crippen LogP contribution < -0.4 is 4.74 Å². The van der Waals surface area contributed by atoms with Crippen LogP contribution in [0.5, 0.6) is 5.75 Å². The Balaban J connectivity index is 1.57. The predicted molar refractivity (Wildman–Crippen MR) is 92.0 cm³/mol. The van der Waals surface area contributed by atoms with E-state index in [-0.39, 0.29) is 18.3 Å². The molecule has 2 heterocycles. The molecule has 6 heteroatoms. The summed E-state index contributed by atoms with van der Waals surface area (Å²) in [6.07, 6.45) is 1.71. The number of likely N-dealkylation sites (tertiary alicyclic amines) is 1. The number of hydrogen-bond donors (Lipinski definition) is 0. The fourth-order valence-electron chi connectivity index (χ4n) is 3.44. The summed E-state index contributed by atoms with van der Waals surface area (Å²) in [5.41, 5.74) is 1.25. The number of nitrogens with zero attached hydrogens (tertiary/aromatic N) is 1. The van der Waals surface area contributed by atoms with Gasteiger partial charge in [-0.05, 0) is 19.1 Å². The first-order chi connectivity index (χ1) is 12.0. The largest absolute Gasteiger partial charge is 0.486 e. The lowest BCUT2D eigenvalue weighted by Crippen LogP contribution is -2.52. The molecule has 0 atom stereocenters. The van der Waals surface area contributed by atoms with Crippen molar-refractivity contribution in [2.45, 2.75) is 31.8 Å². The molecule has 1 aromatic rings. The SMILES string of the molecule is COCCOCC(=O)N1CCC2(CC1)CC(=O)c1cc(C)ccc1O2. The van der Waals surface area contributed by atoms with E-state index in [0.717, 1.165) is 5.56 Å². The molecule has 0 aliphatic carbocycles. The van der Waals surface area contributed by atoms with Crippen molar-refractivity contribution in [2.24, 2.45) is 0 Å². The van der Waals surface area contributed by atoms with Gasteiger partial charge in [0.05, 0.1) is 25.2 Å². The Labute approximate surface area is 148 Å². The van der Waals surface area contributed by atoms with Gasteiger partial charge in [0.2, 0.25) is 5.91 Å². The van der Waals surface area contributed by atoms with Crippen LogP contribution in [0.2, 0.25) is 0 Å². The fraction of sp³-hybridized carbons (Fsp3) is 0.579. The summed E-state index contributed by atoms with van der Waals surface area (Å²) in [7, 11) is 1.60. The summed E-state index contributed by atoms with van der Waals surface area (Å²) < 4.78 is 16.4. The van der Waals surface area contributed by atoms with E-state index in [9.17, 15) is 9.59 Å². The zero-order chi connectivity index (χ0) is 17.9. The van der Waals surface area contributed by atoms with Crippen molar-refractivity contribution in [3.8, 4) is 5.75 Å². The summed E-state index contributed by atoms with van der Waals surface area (Å²) >= 11 is 0. The van der Waals surface area contributed by atoms with Crippen LogP contribution in [0, 0.1) is 6.92 Å². The quantitative estimate of drug-likeness (QED) is 0.762. The van der Waals surface area contributed by atoms with Gasteiger partial charge in [-0.2, -0.15) is 0 Å². The van der Waals surface area contributed by atoms with Crippen LogP contribution >= 0.6 is 0 Å². The number of fused-ring (bicyclic) bond motifs is 1. The average molecular weight is 347 g/mol. The van der Waals surface area contributed by atoms with Gasteiger partial charge in [-0.15, -0.1) is 0 Å². The van der Waals surface area contributed by atoms with Crippen LogP contribution in [0.1, 0.15) is 35.2 Å². The van der Waals surface area contributed by atoms with Crippen molar-refractivity contribution in [3.05, 3.63) is 29.3 Å². The molecule has 1 amide bonds. The van der Waals surface area contributed by atoms with Gasteiger partial charge in [-0.3, -0.25) is 9.59 Å².